The van der Waals surface area contributed by atoms with E-state index >= 15 is 0 Å². The summed E-state index contributed by atoms with van der Waals surface area (Å²) in [7, 11) is 0. The Kier molecular flexibility index (Phi) is 8.92. The van der Waals surface area contributed by atoms with Gasteiger partial charge >= 0.3 is 6.09 Å². The van der Waals surface area contributed by atoms with Gasteiger partial charge in [0.25, 0.3) is 0 Å². The van der Waals surface area contributed by atoms with Gasteiger partial charge in [-0.15, -0.1) is 12.4 Å². The zero-order valence-corrected chi connectivity index (χ0v) is 19.4. The van der Waals surface area contributed by atoms with Crippen LogP contribution in [0.2, 0.25) is 5.02 Å². The molecule has 158 valence electrons. The average Bonchev–Trinajstić information content (AvgIpc) is 2.67. The first-order chi connectivity index (χ1) is 13.3. The lowest BCUT2D eigenvalue weighted by Gasteiger charge is -2.37. The van der Waals surface area contributed by atoms with Crippen molar-refractivity contribution in [3.8, 4) is 11.1 Å². The van der Waals surface area contributed by atoms with E-state index in [1.54, 1.807) is 0 Å². The fraction of sp³-hybridized carbons (Fsp3) is 0.350. The molecule has 1 saturated heterocycles. The Morgan fingerprint density at radius 3 is 2.00 bits per heavy atom. The van der Waals surface area contributed by atoms with Crippen LogP contribution in [0.5, 0.6) is 0 Å². The smallest absolute Gasteiger partial charge is 0.416 e. The lowest BCUT2D eigenvalue weighted by molar-refractivity contribution is -0.873. The summed E-state index contributed by atoms with van der Waals surface area (Å²) in [5.41, 5.74) is 3.22. The number of alkyl halides is 3. The molecule has 0 saturated carbocycles. The molecule has 1 amide bonds. The summed E-state index contributed by atoms with van der Waals surface area (Å²) in [5, 5.41) is 3.98. The van der Waals surface area contributed by atoms with E-state index in [9.17, 15) is 4.79 Å². The van der Waals surface area contributed by atoms with E-state index in [-0.39, 0.29) is 29.6 Å². The molecular formula is C20H22Cl5N2O2+. The topological polar surface area (TPSA) is 38.3 Å². The standard InChI is InChI=1S/C20H21Cl4N2O2.ClH/c21-18-7-5-17(6-8-18)16-3-1-15(2-4-16)13-26(11-9-25-10-12-26)19(27)28-14-20(22,23)24;/h1-8,25H,9-14H2;1H/q+1;. The summed E-state index contributed by atoms with van der Waals surface area (Å²) in [6, 6.07) is 15.9. The quantitative estimate of drug-likeness (QED) is 0.423. The second-order valence-corrected chi connectivity index (χ2v) is 9.83. The van der Waals surface area contributed by atoms with Gasteiger partial charge in [0.15, 0.2) is 0 Å². The Labute approximate surface area is 197 Å². The highest BCUT2D eigenvalue weighted by Crippen LogP contribution is 2.28. The van der Waals surface area contributed by atoms with Crippen molar-refractivity contribution in [2.75, 3.05) is 32.8 Å². The van der Waals surface area contributed by atoms with Gasteiger partial charge in [-0.1, -0.05) is 82.8 Å². The molecule has 1 aliphatic rings. The van der Waals surface area contributed by atoms with Crippen LogP contribution in [0.1, 0.15) is 5.56 Å². The van der Waals surface area contributed by atoms with Crippen molar-refractivity contribution >= 4 is 64.9 Å². The van der Waals surface area contributed by atoms with Crippen LogP contribution in [0, 0.1) is 0 Å². The fourth-order valence-electron chi connectivity index (χ4n) is 3.30. The highest BCUT2D eigenvalue weighted by Gasteiger charge is 2.41. The molecule has 29 heavy (non-hydrogen) atoms. The molecule has 0 aromatic heterocycles. The minimum atomic E-state index is -1.62. The van der Waals surface area contributed by atoms with Gasteiger partial charge in [0.05, 0.1) is 0 Å². The van der Waals surface area contributed by atoms with Crippen LogP contribution in [-0.2, 0) is 11.3 Å². The molecule has 0 radical (unpaired) electrons. The zero-order chi connectivity index (χ0) is 20.2. The van der Waals surface area contributed by atoms with Crippen molar-refractivity contribution in [2.45, 2.75) is 10.3 Å². The number of carbonyl (C=O) groups excluding carboxylic acids is 1. The SMILES string of the molecule is Cl.O=C(OCC(Cl)(Cl)Cl)[N+]1(Cc2ccc(-c3ccc(Cl)cc3)cc2)CCNCC1. The Morgan fingerprint density at radius 2 is 1.48 bits per heavy atom. The molecule has 0 spiro atoms. The predicted molar refractivity (Wildman–Crippen MR) is 122 cm³/mol. The Bertz CT molecular complexity index is 801. The number of nitrogens with zero attached hydrogens (tertiary/aromatic N) is 1. The molecule has 3 rings (SSSR count). The van der Waals surface area contributed by atoms with Crippen molar-refractivity contribution in [3.63, 3.8) is 0 Å². The molecule has 1 heterocycles. The maximum atomic E-state index is 12.8. The van der Waals surface area contributed by atoms with Crippen molar-refractivity contribution in [1.82, 2.24) is 5.32 Å². The summed E-state index contributed by atoms with van der Waals surface area (Å²) < 4.78 is 3.88. The van der Waals surface area contributed by atoms with E-state index < -0.39 is 3.79 Å². The van der Waals surface area contributed by atoms with Gasteiger partial charge in [-0.05, 0) is 23.3 Å². The van der Waals surface area contributed by atoms with Crippen molar-refractivity contribution in [2.24, 2.45) is 0 Å². The molecule has 4 nitrogen and oxygen atoms in total. The van der Waals surface area contributed by atoms with Crippen molar-refractivity contribution < 1.29 is 14.0 Å². The molecule has 0 bridgehead atoms. The lowest BCUT2D eigenvalue weighted by atomic mass is 10.0. The van der Waals surface area contributed by atoms with Gasteiger partial charge in [-0.25, -0.2) is 4.48 Å². The van der Waals surface area contributed by atoms with E-state index in [1.165, 1.54) is 0 Å². The van der Waals surface area contributed by atoms with E-state index in [1.807, 2.05) is 48.5 Å². The Hall–Kier alpha value is -0.720. The van der Waals surface area contributed by atoms with Gasteiger partial charge < -0.3 is 10.1 Å². The van der Waals surface area contributed by atoms with E-state index in [4.69, 9.17) is 51.1 Å². The van der Waals surface area contributed by atoms with Gasteiger partial charge in [0.2, 0.25) is 3.79 Å². The molecule has 0 aliphatic carbocycles. The molecule has 1 N–H and O–H groups in total. The summed E-state index contributed by atoms with van der Waals surface area (Å²) in [4.78, 5) is 12.8. The number of benzene rings is 2. The number of ether oxygens (including phenoxy) is 1. The highest BCUT2D eigenvalue weighted by molar-refractivity contribution is 6.67. The summed E-state index contributed by atoms with van der Waals surface area (Å²) in [6.07, 6.45) is -0.366. The van der Waals surface area contributed by atoms with Crippen molar-refractivity contribution in [3.05, 3.63) is 59.1 Å². The van der Waals surface area contributed by atoms with Crippen LogP contribution in [0.25, 0.3) is 11.1 Å². The normalized spacial score (nSPS) is 16.0. The van der Waals surface area contributed by atoms with Crippen molar-refractivity contribution in [1.29, 1.82) is 0 Å². The number of nitrogens with one attached hydrogen (secondary N) is 1. The fourth-order valence-corrected chi connectivity index (χ4v) is 3.59. The third-order valence-corrected chi connectivity index (χ3v) is 5.38. The van der Waals surface area contributed by atoms with Crippen LogP contribution in [0.4, 0.5) is 4.79 Å². The van der Waals surface area contributed by atoms with Gasteiger partial charge in [-0.2, -0.15) is 4.79 Å². The number of carbonyl (C=O) groups is 1. The molecule has 0 unspecified atom stereocenters. The number of amides is 1. The zero-order valence-electron chi connectivity index (χ0n) is 15.5. The molecule has 2 aromatic carbocycles. The summed E-state index contributed by atoms with van der Waals surface area (Å²) in [6.45, 7) is 2.97. The maximum absolute atomic E-state index is 12.8. The minimum Gasteiger partial charge on any atom is -0.416 e. The average molecular weight is 500 g/mol. The van der Waals surface area contributed by atoms with E-state index in [2.05, 4.69) is 5.32 Å². The van der Waals surface area contributed by atoms with E-state index in [0.717, 1.165) is 29.8 Å². The van der Waals surface area contributed by atoms with Gasteiger partial charge in [-0.3, -0.25) is 0 Å². The minimum absolute atomic E-state index is 0. The second kappa shape index (κ2) is 10.5. The van der Waals surface area contributed by atoms with Crippen LogP contribution in [0.3, 0.4) is 0 Å². The first-order valence-electron chi connectivity index (χ1n) is 8.93. The number of hydrogen-bond acceptors (Lipinski definition) is 3. The van der Waals surface area contributed by atoms with Gasteiger partial charge in [0, 0.05) is 23.7 Å². The molecule has 0 atom stereocenters. The van der Waals surface area contributed by atoms with Crippen LogP contribution in [0.15, 0.2) is 48.5 Å². The molecule has 9 heteroatoms. The number of piperazine rings is 1. The second-order valence-electron chi connectivity index (χ2n) is 6.87. The number of rotatable bonds is 4. The first-order valence-corrected chi connectivity index (χ1v) is 10.4. The van der Waals surface area contributed by atoms with Crippen LogP contribution in [-0.4, -0.2) is 47.2 Å². The largest absolute Gasteiger partial charge is 0.516 e. The van der Waals surface area contributed by atoms with E-state index in [0.29, 0.717) is 24.7 Å². The molecule has 1 fully saturated rings. The van der Waals surface area contributed by atoms with Crippen LogP contribution < -0.4 is 5.32 Å². The Morgan fingerprint density at radius 1 is 0.966 bits per heavy atom. The Balaban J connectivity index is 0.00000300. The lowest BCUT2D eigenvalue weighted by Crippen LogP contribution is -2.61. The number of halogens is 5. The summed E-state index contributed by atoms with van der Waals surface area (Å²) >= 11 is 23.2. The molecular weight excluding hydrogens is 477 g/mol. The maximum Gasteiger partial charge on any atom is 0.516 e. The third-order valence-electron chi connectivity index (χ3n) is 4.80. The first kappa shape index (κ1) is 24.5. The highest BCUT2D eigenvalue weighted by atomic mass is 35.6. The monoisotopic (exact) mass is 497 g/mol. The molecule has 2 aromatic rings. The molecule has 1 aliphatic heterocycles. The third kappa shape index (κ3) is 6.90. The predicted octanol–water partition coefficient (Wildman–Crippen LogP) is 5.86. The number of quaternary nitrogens is 1. The van der Waals surface area contributed by atoms with Crippen LogP contribution >= 0.6 is 58.8 Å². The van der Waals surface area contributed by atoms with Gasteiger partial charge in [0.1, 0.15) is 26.2 Å². The summed E-state index contributed by atoms with van der Waals surface area (Å²) in [5.74, 6) is 0. The number of hydrogen-bond donors (Lipinski definition) is 1.